The SMILES string of the molecule is O=I(=O)c1cnccn1. The summed E-state index contributed by atoms with van der Waals surface area (Å²) < 4.78 is 20.6. The van der Waals surface area contributed by atoms with Gasteiger partial charge in [0.15, 0.2) is 3.70 Å². The fourth-order valence-electron chi connectivity index (χ4n) is 0.361. The highest BCUT2D eigenvalue weighted by Crippen LogP contribution is 2.10. The number of aromatic nitrogens is 2. The van der Waals surface area contributed by atoms with Gasteiger partial charge in [0.05, 0.1) is 6.20 Å². The zero-order valence-electron chi connectivity index (χ0n) is 4.32. The second kappa shape index (κ2) is 2.81. The molecular weight excluding hydrogens is 235 g/mol. The Morgan fingerprint density at radius 2 is 2.11 bits per heavy atom. The van der Waals surface area contributed by atoms with E-state index < -0.39 is 19.8 Å². The van der Waals surface area contributed by atoms with Gasteiger partial charge in [-0.15, -0.1) is 0 Å². The molecule has 0 amide bonds. The number of hydrogen-bond acceptors (Lipinski definition) is 4. The number of rotatable bonds is 1. The Bertz CT molecular complexity index is 249. The van der Waals surface area contributed by atoms with E-state index in [-0.39, 0.29) is 3.70 Å². The predicted octanol–water partition coefficient (Wildman–Crippen LogP) is 0.844. The average Bonchev–Trinajstić information content (AvgIpc) is 1.90. The Morgan fingerprint density at radius 1 is 1.33 bits per heavy atom. The lowest BCUT2D eigenvalue weighted by Gasteiger charge is -1.80. The normalized spacial score (nSPS) is 9.89. The molecule has 0 fully saturated rings. The first-order valence-corrected chi connectivity index (χ1v) is 4.96. The molecule has 1 rings (SSSR count). The fourth-order valence-corrected chi connectivity index (χ4v) is 1.14. The lowest BCUT2D eigenvalue weighted by atomic mass is 10.8. The van der Waals surface area contributed by atoms with E-state index in [4.69, 9.17) is 0 Å². The van der Waals surface area contributed by atoms with Gasteiger partial charge in [0.2, 0.25) is 0 Å². The van der Waals surface area contributed by atoms with Crippen LogP contribution in [0.25, 0.3) is 0 Å². The van der Waals surface area contributed by atoms with E-state index in [0.717, 1.165) is 0 Å². The quantitative estimate of drug-likeness (QED) is 0.680. The Labute approximate surface area is 58.5 Å². The second-order valence-corrected chi connectivity index (χ2v) is 3.59. The van der Waals surface area contributed by atoms with Crippen molar-refractivity contribution < 1.29 is 6.14 Å². The molecule has 4 nitrogen and oxygen atoms in total. The molecule has 0 spiro atoms. The van der Waals surface area contributed by atoms with E-state index in [1.807, 2.05) is 0 Å². The molecule has 9 heavy (non-hydrogen) atoms. The van der Waals surface area contributed by atoms with Gasteiger partial charge in [0, 0.05) is 12.4 Å². The predicted molar refractivity (Wildman–Crippen MR) is 36.1 cm³/mol. The van der Waals surface area contributed by atoms with Crippen molar-refractivity contribution in [1.82, 2.24) is 9.97 Å². The highest BCUT2D eigenvalue weighted by molar-refractivity contribution is 14.2. The summed E-state index contributed by atoms with van der Waals surface area (Å²) in [6.45, 7) is 0. The molecule has 0 unspecified atom stereocenters. The van der Waals surface area contributed by atoms with Crippen LogP contribution in [0.3, 0.4) is 0 Å². The summed E-state index contributed by atoms with van der Waals surface area (Å²) in [6, 6.07) is 0. The zero-order valence-corrected chi connectivity index (χ0v) is 6.48. The number of halogens is 1. The van der Waals surface area contributed by atoms with E-state index in [0.29, 0.717) is 0 Å². The molecule has 5 heteroatoms. The van der Waals surface area contributed by atoms with Crippen molar-refractivity contribution in [2.75, 3.05) is 0 Å². The van der Waals surface area contributed by atoms with E-state index in [1.54, 1.807) is 0 Å². The maximum Gasteiger partial charge on any atom is 0.361 e. The molecule has 1 heterocycles. The van der Waals surface area contributed by atoms with Crippen LogP contribution in [-0.2, 0) is 6.14 Å². The number of nitrogens with zero attached hydrogens (tertiary/aromatic N) is 2. The van der Waals surface area contributed by atoms with Gasteiger partial charge < -0.3 is 0 Å². The molecular formula is C4H3IN2O2. The standard InChI is InChI=1S/C4H3IN2O2/c8-5(9)4-3-6-1-2-7-4/h1-3H. The topological polar surface area (TPSA) is 59.9 Å². The summed E-state index contributed by atoms with van der Waals surface area (Å²) in [4.78, 5) is 7.14. The van der Waals surface area contributed by atoms with Crippen molar-refractivity contribution in [2.45, 2.75) is 0 Å². The Kier molecular flexibility index (Phi) is 2.04. The van der Waals surface area contributed by atoms with Crippen LogP contribution in [0.4, 0.5) is 0 Å². The van der Waals surface area contributed by atoms with Crippen molar-refractivity contribution in [1.29, 1.82) is 0 Å². The largest absolute Gasteiger partial charge is 0.361 e. The molecule has 0 aliphatic carbocycles. The van der Waals surface area contributed by atoms with Gasteiger partial charge in [-0.3, -0.25) is 4.98 Å². The maximum atomic E-state index is 10.2. The molecule has 0 radical (unpaired) electrons. The van der Waals surface area contributed by atoms with Gasteiger partial charge in [-0.25, -0.2) is 11.1 Å². The van der Waals surface area contributed by atoms with Crippen molar-refractivity contribution in [3.63, 3.8) is 0 Å². The van der Waals surface area contributed by atoms with Crippen LogP contribution in [-0.4, -0.2) is 9.97 Å². The Morgan fingerprint density at radius 3 is 2.44 bits per heavy atom. The molecule has 0 saturated heterocycles. The summed E-state index contributed by atoms with van der Waals surface area (Å²) in [5.74, 6) is 0. The monoisotopic (exact) mass is 238 g/mol. The van der Waals surface area contributed by atoms with Crippen LogP contribution in [0.15, 0.2) is 18.6 Å². The third kappa shape index (κ3) is 1.67. The lowest BCUT2D eigenvalue weighted by Crippen LogP contribution is -1.79. The van der Waals surface area contributed by atoms with E-state index >= 15 is 0 Å². The van der Waals surface area contributed by atoms with Crippen LogP contribution in [0.2, 0.25) is 0 Å². The van der Waals surface area contributed by atoms with Crippen LogP contribution in [0.1, 0.15) is 0 Å². The summed E-state index contributed by atoms with van der Waals surface area (Å²) in [5, 5.41) is 0. The van der Waals surface area contributed by atoms with Gasteiger partial charge >= 0.3 is 19.8 Å². The van der Waals surface area contributed by atoms with Gasteiger partial charge in [-0.2, -0.15) is 0 Å². The highest BCUT2D eigenvalue weighted by atomic mass is 127. The molecule has 48 valence electrons. The van der Waals surface area contributed by atoms with E-state index in [2.05, 4.69) is 9.97 Å². The molecule has 0 bridgehead atoms. The fraction of sp³-hybridized carbons (Fsp3) is 0. The average molecular weight is 238 g/mol. The first-order chi connectivity index (χ1) is 4.30. The first kappa shape index (κ1) is 6.53. The minimum Gasteiger partial charge on any atom is -0.260 e. The molecule has 0 N–H and O–H groups in total. The summed E-state index contributed by atoms with van der Waals surface area (Å²) >= 11 is -3.35. The van der Waals surface area contributed by atoms with E-state index in [1.165, 1.54) is 18.6 Å². The van der Waals surface area contributed by atoms with Gasteiger partial charge in [0.25, 0.3) is 0 Å². The zero-order chi connectivity index (χ0) is 6.69. The summed E-state index contributed by atoms with van der Waals surface area (Å²) in [6.07, 6.45) is 4.03. The Hall–Kier alpha value is -0.590. The molecule has 0 aromatic carbocycles. The van der Waals surface area contributed by atoms with Crippen LogP contribution >= 0.6 is 19.8 Å². The Balaban J connectivity index is 3.13. The van der Waals surface area contributed by atoms with Crippen molar-refractivity contribution >= 4 is 19.8 Å². The van der Waals surface area contributed by atoms with Gasteiger partial charge in [0.1, 0.15) is 0 Å². The summed E-state index contributed by atoms with van der Waals surface area (Å²) in [7, 11) is 0. The molecule has 0 aliphatic heterocycles. The van der Waals surface area contributed by atoms with Crippen molar-refractivity contribution in [3.8, 4) is 0 Å². The van der Waals surface area contributed by atoms with Gasteiger partial charge in [-0.1, -0.05) is 0 Å². The van der Waals surface area contributed by atoms with E-state index in [9.17, 15) is 6.14 Å². The molecule has 1 aromatic heterocycles. The third-order valence-electron chi connectivity index (χ3n) is 0.690. The minimum absolute atomic E-state index is 0.0988. The van der Waals surface area contributed by atoms with Crippen LogP contribution < -0.4 is 0 Å². The third-order valence-corrected chi connectivity index (χ3v) is 2.15. The van der Waals surface area contributed by atoms with Crippen molar-refractivity contribution in [3.05, 3.63) is 22.3 Å². The molecule has 1 aromatic rings. The minimum atomic E-state index is -3.35. The lowest BCUT2D eigenvalue weighted by molar-refractivity contribution is 0.609. The maximum absolute atomic E-state index is 10.2. The van der Waals surface area contributed by atoms with Crippen molar-refractivity contribution in [2.24, 2.45) is 0 Å². The highest BCUT2D eigenvalue weighted by Gasteiger charge is 1.95. The van der Waals surface area contributed by atoms with Crippen LogP contribution in [0.5, 0.6) is 0 Å². The number of hydrogen-bond donors (Lipinski definition) is 0. The molecule has 0 saturated carbocycles. The molecule has 0 atom stereocenters. The first-order valence-electron chi connectivity index (χ1n) is 2.12. The summed E-state index contributed by atoms with van der Waals surface area (Å²) in [5.41, 5.74) is 0. The smallest absolute Gasteiger partial charge is 0.260 e. The van der Waals surface area contributed by atoms with Crippen LogP contribution in [0, 0.1) is 3.70 Å². The molecule has 0 aliphatic rings. The second-order valence-electron chi connectivity index (χ2n) is 1.25. The van der Waals surface area contributed by atoms with Gasteiger partial charge in [-0.05, 0) is 0 Å².